The second-order valence-electron chi connectivity index (χ2n) is 16.8. The predicted molar refractivity (Wildman–Crippen MR) is 253 cm³/mol. The highest BCUT2D eigenvalue weighted by atomic mass is 14.4. The van der Waals surface area contributed by atoms with Crippen LogP contribution in [0.15, 0.2) is 206 Å². The minimum absolute atomic E-state index is 0.100. The van der Waals surface area contributed by atoms with Gasteiger partial charge in [-0.25, -0.2) is 0 Å². The third-order valence-electron chi connectivity index (χ3n) is 13.2. The summed E-state index contributed by atoms with van der Waals surface area (Å²) in [6.45, 7) is 4.76. The summed E-state index contributed by atoms with van der Waals surface area (Å²) in [5.74, 6) is 0. The normalized spacial score (nSPS) is 13.1. The third-order valence-corrected chi connectivity index (χ3v) is 13.2. The highest BCUT2D eigenvalue weighted by Crippen LogP contribution is 2.55. The van der Waals surface area contributed by atoms with Gasteiger partial charge in [-0.15, -0.1) is 0 Å². The van der Waals surface area contributed by atoms with E-state index in [1.807, 2.05) is 0 Å². The summed E-state index contributed by atoms with van der Waals surface area (Å²) in [5, 5.41) is 12.7. The van der Waals surface area contributed by atoms with Gasteiger partial charge in [0.05, 0.1) is 0 Å². The van der Waals surface area contributed by atoms with Gasteiger partial charge in [0.2, 0.25) is 0 Å². The molecule has 59 heavy (non-hydrogen) atoms. The first kappa shape index (κ1) is 33.8. The van der Waals surface area contributed by atoms with Crippen molar-refractivity contribution in [3.63, 3.8) is 0 Å². The fourth-order valence-corrected chi connectivity index (χ4v) is 10.4. The maximum atomic E-state index is 2.47. The van der Waals surface area contributed by atoms with Crippen molar-refractivity contribution >= 4 is 53.9 Å². The molecule has 12 rings (SSSR count). The SMILES string of the molecule is CC1(C)c2ccccc2-c2c(-c3c4ccccc4c(-c4cccc(-c5cc6ccccc6c6ccccc56)c4)c4ccc(-c5ccc6ccccc6c5)cc34)cccc21. The van der Waals surface area contributed by atoms with Crippen LogP contribution in [0.4, 0.5) is 0 Å². The molecule has 0 fully saturated rings. The standard InChI is InChI=1S/C59H40/c1-59(2)54-27-12-11-25-50(54)58-51(26-14-28-55(58)59)57-48-24-10-9-23-47(48)56(49-32-31-40(35-53(49)57)39-30-29-37-15-3-4-16-38(37)33-39)43-19-13-18-41(34-43)52-36-42-17-5-6-20-44(42)45-21-7-8-22-46(45)52/h3-36H,1-2H3. The summed E-state index contributed by atoms with van der Waals surface area (Å²) < 4.78 is 0. The maximum absolute atomic E-state index is 2.47. The van der Waals surface area contributed by atoms with Crippen molar-refractivity contribution in [3.8, 4) is 55.6 Å². The number of hydrogen-bond acceptors (Lipinski definition) is 0. The van der Waals surface area contributed by atoms with Gasteiger partial charge in [-0.2, -0.15) is 0 Å². The molecule has 0 spiro atoms. The van der Waals surface area contributed by atoms with E-state index in [-0.39, 0.29) is 5.41 Å². The molecule has 0 atom stereocenters. The molecule has 0 amide bonds. The van der Waals surface area contributed by atoms with Crippen molar-refractivity contribution in [3.05, 3.63) is 217 Å². The predicted octanol–water partition coefficient (Wildman–Crippen LogP) is 16.4. The molecule has 0 aromatic heterocycles. The fourth-order valence-electron chi connectivity index (χ4n) is 10.4. The highest BCUT2D eigenvalue weighted by molar-refractivity contribution is 6.24. The molecule has 0 heterocycles. The monoisotopic (exact) mass is 748 g/mol. The molecule has 1 aliphatic rings. The zero-order valence-electron chi connectivity index (χ0n) is 33.1. The Kier molecular flexibility index (Phi) is 7.38. The minimum Gasteiger partial charge on any atom is -0.0619 e. The van der Waals surface area contributed by atoms with Gasteiger partial charge in [0.25, 0.3) is 0 Å². The largest absolute Gasteiger partial charge is 0.0619 e. The van der Waals surface area contributed by atoms with Crippen molar-refractivity contribution in [2.24, 2.45) is 0 Å². The molecule has 11 aromatic carbocycles. The molecule has 0 aliphatic heterocycles. The van der Waals surface area contributed by atoms with E-state index in [2.05, 4.69) is 220 Å². The van der Waals surface area contributed by atoms with Crippen LogP contribution >= 0.6 is 0 Å². The van der Waals surface area contributed by atoms with Crippen LogP contribution in [0, 0.1) is 0 Å². The van der Waals surface area contributed by atoms with Crippen molar-refractivity contribution in [2.45, 2.75) is 19.3 Å². The molecule has 276 valence electrons. The summed E-state index contributed by atoms with van der Waals surface area (Å²) in [7, 11) is 0. The summed E-state index contributed by atoms with van der Waals surface area (Å²) in [5.41, 5.74) is 15.4. The zero-order chi connectivity index (χ0) is 39.2. The smallest absolute Gasteiger partial charge is 0.0159 e. The number of rotatable bonds is 4. The van der Waals surface area contributed by atoms with Crippen LogP contribution < -0.4 is 0 Å². The molecule has 0 radical (unpaired) electrons. The van der Waals surface area contributed by atoms with Gasteiger partial charge in [-0.05, 0) is 145 Å². The van der Waals surface area contributed by atoms with Crippen molar-refractivity contribution < 1.29 is 0 Å². The van der Waals surface area contributed by atoms with E-state index in [0.29, 0.717) is 0 Å². The van der Waals surface area contributed by atoms with E-state index >= 15 is 0 Å². The molecule has 0 N–H and O–H groups in total. The topological polar surface area (TPSA) is 0 Å². The molecule has 0 nitrogen and oxygen atoms in total. The lowest BCUT2D eigenvalue weighted by Crippen LogP contribution is -2.14. The van der Waals surface area contributed by atoms with Crippen LogP contribution in [0.25, 0.3) is 109 Å². The average Bonchev–Trinajstić information content (AvgIpc) is 3.53. The lowest BCUT2D eigenvalue weighted by Gasteiger charge is -2.23. The summed E-state index contributed by atoms with van der Waals surface area (Å²) in [6, 6.07) is 77.1. The van der Waals surface area contributed by atoms with Crippen molar-refractivity contribution in [1.82, 2.24) is 0 Å². The Morgan fingerprint density at radius 3 is 1.68 bits per heavy atom. The summed E-state index contributed by atoms with van der Waals surface area (Å²) in [6.07, 6.45) is 0. The van der Waals surface area contributed by atoms with Gasteiger partial charge in [0, 0.05) is 5.41 Å². The van der Waals surface area contributed by atoms with E-state index in [1.54, 1.807) is 0 Å². The average molecular weight is 749 g/mol. The lowest BCUT2D eigenvalue weighted by molar-refractivity contribution is 0.660. The first-order valence-corrected chi connectivity index (χ1v) is 20.8. The van der Waals surface area contributed by atoms with E-state index < -0.39 is 0 Å². The first-order valence-electron chi connectivity index (χ1n) is 20.8. The Balaban J connectivity index is 1.17. The Labute approximate surface area is 344 Å². The van der Waals surface area contributed by atoms with Gasteiger partial charge in [-0.3, -0.25) is 0 Å². The molecular weight excluding hydrogens is 709 g/mol. The third kappa shape index (κ3) is 5.09. The molecule has 0 bridgehead atoms. The number of hydrogen-bond donors (Lipinski definition) is 0. The van der Waals surface area contributed by atoms with Gasteiger partial charge < -0.3 is 0 Å². The Morgan fingerprint density at radius 1 is 0.254 bits per heavy atom. The molecule has 11 aromatic rings. The molecular formula is C59H40. The van der Waals surface area contributed by atoms with E-state index in [9.17, 15) is 0 Å². The fraction of sp³-hybridized carbons (Fsp3) is 0.0508. The zero-order valence-corrected chi connectivity index (χ0v) is 33.1. The Bertz CT molecular complexity index is 3530. The number of benzene rings is 11. The number of fused-ring (bicyclic) bond motifs is 9. The van der Waals surface area contributed by atoms with Gasteiger partial charge >= 0.3 is 0 Å². The van der Waals surface area contributed by atoms with E-state index in [0.717, 1.165) is 0 Å². The van der Waals surface area contributed by atoms with Crippen molar-refractivity contribution in [2.75, 3.05) is 0 Å². The van der Waals surface area contributed by atoms with Crippen LogP contribution in [0.2, 0.25) is 0 Å². The Morgan fingerprint density at radius 2 is 0.831 bits per heavy atom. The quantitative estimate of drug-likeness (QED) is 0.124. The lowest BCUT2D eigenvalue weighted by atomic mass is 9.80. The van der Waals surface area contributed by atoms with Crippen molar-refractivity contribution in [1.29, 1.82) is 0 Å². The van der Waals surface area contributed by atoms with Gasteiger partial charge in [-0.1, -0.05) is 196 Å². The Hall–Kier alpha value is -7.28. The van der Waals surface area contributed by atoms with Crippen LogP contribution in [0.5, 0.6) is 0 Å². The first-order chi connectivity index (χ1) is 29.0. The van der Waals surface area contributed by atoms with Gasteiger partial charge in [0.1, 0.15) is 0 Å². The molecule has 0 saturated heterocycles. The van der Waals surface area contributed by atoms with Crippen LogP contribution in [-0.2, 0) is 5.41 Å². The van der Waals surface area contributed by atoms with Crippen LogP contribution in [0.3, 0.4) is 0 Å². The maximum Gasteiger partial charge on any atom is 0.0159 e. The molecule has 1 aliphatic carbocycles. The van der Waals surface area contributed by atoms with Crippen LogP contribution in [-0.4, -0.2) is 0 Å². The second kappa shape index (κ2) is 12.9. The molecule has 0 heteroatoms. The molecule has 0 unspecified atom stereocenters. The summed E-state index contributed by atoms with van der Waals surface area (Å²) in [4.78, 5) is 0. The summed E-state index contributed by atoms with van der Waals surface area (Å²) >= 11 is 0. The highest BCUT2D eigenvalue weighted by Gasteiger charge is 2.37. The van der Waals surface area contributed by atoms with E-state index in [1.165, 1.54) is 121 Å². The minimum atomic E-state index is -0.100. The van der Waals surface area contributed by atoms with Gasteiger partial charge in [0.15, 0.2) is 0 Å². The molecule has 0 saturated carbocycles. The second-order valence-corrected chi connectivity index (χ2v) is 16.8. The van der Waals surface area contributed by atoms with E-state index in [4.69, 9.17) is 0 Å². The van der Waals surface area contributed by atoms with Crippen LogP contribution in [0.1, 0.15) is 25.0 Å².